The molecule has 3 aromatic rings. The van der Waals surface area contributed by atoms with E-state index in [1.807, 2.05) is 0 Å². The Kier molecular flexibility index (Phi) is 3.85. The second-order valence-corrected chi connectivity index (χ2v) is 5.17. The Hall–Kier alpha value is -2.72. The minimum Gasteiger partial charge on any atom is -0.496 e. The van der Waals surface area contributed by atoms with Crippen LogP contribution in [0.3, 0.4) is 0 Å². The molecule has 0 saturated heterocycles. The van der Waals surface area contributed by atoms with Crippen LogP contribution >= 0.6 is 11.6 Å². The highest BCUT2D eigenvalue weighted by atomic mass is 35.5. The molecule has 3 rings (SSSR count). The lowest BCUT2D eigenvalue weighted by atomic mass is 10.1. The number of methoxy groups -OCH3 is 1. The average Bonchev–Trinajstić information content (AvgIpc) is 3.00. The van der Waals surface area contributed by atoms with Crippen molar-refractivity contribution in [2.45, 2.75) is 6.18 Å². The zero-order valence-electron chi connectivity index (χ0n) is 12.1. The number of benzene rings is 2. The monoisotopic (exact) mass is 352 g/mol. The molecule has 24 heavy (non-hydrogen) atoms. The molecule has 0 aliphatic rings. The lowest BCUT2D eigenvalue weighted by Crippen LogP contribution is -2.03. The number of fused-ring (bicyclic) bond motifs is 1. The Morgan fingerprint density at radius 2 is 1.92 bits per heavy atom. The van der Waals surface area contributed by atoms with Crippen molar-refractivity contribution >= 4 is 28.4 Å². The van der Waals surface area contributed by atoms with Crippen molar-refractivity contribution in [1.82, 2.24) is 4.98 Å². The van der Waals surface area contributed by atoms with Crippen LogP contribution in [0.25, 0.3) is 27.4 Å². The SMILES string of the molecule is [C-]#[N+]c1cc(OC)c2nc(-c3ccc(C(F)(F)F)cc3)oc2c1Cl. The molecular weight excluding hydrogens is 345 g/mol. The Balaban J connectivity index is 2.15. The molecule has 8 heteroatoms. The largest absolute Gasteiger partial charge is 0.496 e. The zero-order valence-corrected chi connectivity index (χ0v) is 12.9. The summed E-state index contributed by atoms with van der Waals surface area (Å²) in [7, 11) is 1.41. The average molecular weight is 353 g/mol. The number of aromatic nitrogens is 1. The number of hydrogen-bond donors (Lipinski definition) is 0. The summed E-state index contributed by atoms with van der Waals surface area (Å²) in [5.41, 5.74) is 0.160. The summed E-state index contributed by atoms with van der Waals surface area (Å²) in [5, 5.41) is 0.0754. The van der Waals surface area contributed by atoms with E-state index in [9.17, 15) is 13.2 Å². The van der Waals surface area contributed by atoms with Crippen molar-refractivity contribution in [1.29, 1.82) is 0 Å². The Morgan fingerprint density at radius 1 is 1.25 bits per heavy atom. The van der Waals surface area contributed by atoms with Gasteiger partial charge in [-0.3, -0.25) is 0 Å². The number of oxazole rings is 1. The Labute approximate surface area is 139 Å². The molecule has 0 bridgehead atoms. The Bertz CT molecular complexity index is 957. The number of rotatable bonds is 2. The first-order valence-corrected chi connectivity index (χ1v) is 6.95. The first-order valence-electron chi connectivity index (χ1n) is 6.57. The third kappa shape index (κ3) is 2.65. The van der Waals surface area contributed by atoms with Gasteiger partial charge in [-0.25, -0.2) is 9.83 Å². The van der Waals surface area contributed by atoms with Gasteiger partial charge >= 0.3 is 6.18 Å². The van der Waals surface area contributed by atoms with Gasteiger partial charge in [0.15, 0.2) is 11.1 Å². The van der Waals surface area contributed by atoms with Gasteiger partial charge in [0, 0.05) is 5.56 Å². The van der Waals surface area contributed by atoms with E-state index in [-0.39, 0.29) is 22.2 Å². The van der Waals surface area contributed by atoms with Crippen LogP contribution in [0.5, 0.6) is 5.75 Å². The number of ether oxygens (including phenoxy) is 1. The lowest BCUT2D eigenvalue weighted by Gasteiger charge is -2.05. The van der Waals surface area contributed by atoms with Crippen LogP contribution in [-0.4, -0.2) is 12.1 Å². The normalized spacial score (nSPS) is 11.5. The van der Waals surface area contributed by atoms with E-state index < -0.39 is 11.7 Å². The highest BCUT2D eigenvalue weighted by Crippen LogP contribution is 2.41. The third-order valence-electron chi connectivity index (χ3n) is 3.35. The van der Waals surface area contributed by atoms with Gasteiger partial charge in [0.2, 0.25) is 11.6 Å². The third-order valence-corrected chi connectivity index (χ3v) is 3.72. The summed E-state index contributed by atoms with van der Waals surface area (Å²) < 4.78 is 48.6. The molecule has 0 spiro atoms. The summed E-state index contributed by atoms with van der Waals surface area (Å²) in [6, 6.07) is 5.81. The van der Waals surface area contributed by atoms with Crippen LogP contribution in [0, 0.1) is 6.57 Å². The van der Waals surface area contributed by atoms with Crippen molar-refractivity contribution in [3.05, 3.63) is 52.3 Å². The van der Waals surface area contributed by atoms with Crippen LogP contribution in [0.2, 0.25) is 5.02 Å². The van der Waals surface area contributed by atoms with Crippen molar-refractivity contribution in [3.63, 3.8) is 0 Å². The second kappa shape index (κ2) is 5.73. The molecule has 0 unspecified atom stereocenters. The van der Waals surface area contributed by atoms with Crippen molar-refractivity contribution in [2.24, 2.45) is 0 Å². The predicted molar refractivity (Wildman–Crippen MR) is 82.3 cm³/mol. The van der Waals surface area contributed by atoms with E-state index in [1.165, 1.54) is 25.3 Å². The fraction of sp³-hybridized carbons (Fsp3) is 0.125. The molecule has 0 fully saturated rings. The summed E-state index contributed by atoms with van der Waals surface area (Å²) in [6.45, 7) is 7.10. The molecule has 2 aromatic carbocycles. The minimum absolute atomic E-state index is 0.0754. The predicted octanol–water partition coefficient (Wildman–Crippen LogP) is 5.73. The molecule has 0 saturated carbocycles. The number of alkyl halides is 3. The van der Waals surface area contributed by atoms with Crippen molar-refractivity contribution in [2.75, 3.05) is 7.11 Å². The topological polar surface area (TPSA) is 39.6 Å². The van der Waals surface area contributed by atoms with E-state index in [4.69, 9.17) is 27.3 Å². The standard InChI is InChI=1S/C16H8ClF3N2O2/c1-21-10-7-11(23-2)13-14(12(10)17)24-15(22-13)8-3-5-9(6-4-8)16(18,19)20/h3-7H,2H3. The van der Waals surface area contributed by atoms with Gasteiger partial charge < -0.3 is 9.15 Å². The number of nitrogens with zero attached hydrogens (tertiary/aromatic N) is 2. The molecule has 4 nitrogen and oxygen atoms in total. The van der Waals surface area contributed by atoms with E-state index in [1.54, 1.807) is 0 Å². The molecule has 0 aliphatic heterocycles. The number of halogens is 4. The fourth-order valence-electron chi connectivity index (χ4n) is 2.17. The van der Waals surface area contributed by atoms with Gasteiger partial charge in [-0.15, -0.1) is 0 Å². The van der Waals surface area contributed by atoms with Crippen molar-refractivity contribution < 1.29 is 22.3 Å². The van der Waals surface area contributed by atoms with Gasteiger partial charge in [-0.1, -0.05) is 11.6 Å². The summed E-state index contributed by atoms with van der Waals surface area (Å²) >= 11 is 6.10. The highest BCUT2D eigenvalue weighted by molar-refractivity contribution is 6.37. The molecule has 0 radical (unpaired) electrons. The Morgan fingerprint density at radius 3 is 2.46 bits per heavy atom. The van der Waals surface area contributed by atoms with Crippen LogP contribution in [0.1, 0.15) is 5.56 Å². The molecule has 0 N–H and O–H groups in total. The molecule has 1 aromatic heterocycles. The van der Waals surface area contributed by atoms with Gasteiger partial charge in [0.25, 0.3) is 0 Å². The van der Waals surface area contributed by atoms with Crippen LogP contribution in [-0.2, 0) is 6.18 Å². The lowest BCUT2D eigenvalue weighted by molar-refractivity contribution is -0.137. The van der Waals surface area contributed by atoms with E-state index in [0.717, 1.165) is 12.1 Å². The molecular formula is C16H8ClF3N2O2. The highest BCUT2D eigenvalue weighted by Gasteiger charge is 2.30. The van der Waals surface area contributed by atoms with Crippen LogP contribution in [0.4, 0.5) is 18.9 Å². The van der Waals surface area contributed by atoms with Gasteiger partial charge in [-0.2, -0.15) is 13.2 Å². The van der Waals surface area contributed by atoms with Crippen LogP contribution in [0.15, 0.2) is 34.7 Å². The van der Waals surface area contributed by atoms with E-state index in [0.29, 0.717) is 16.8 Å². The smallest absolute Gasteiger partial charge is 0.416 e. The van der Waals surface area contributed by atoms with E-state index >= 15 is 0 Å². The van der Waals surface area contributed by atoms with Gasteiger partial charge in [0.1, 0.15) is 5.75 Å². The maximum atomic E-state index is 12.6. The maximum absolute atomic E-state index is 12.6. The fourth-order valence-corrected chi connectivity index (χ4v) is 2.40. The molecule has 1 heterocycles. The van der Waals surface area contributed by atoms with E-state index in [2.05, 4.69) is 9.83 Å². The molecule has 0 aliphatic carbocycles. The first-order chi connectivity index (χ1) is 11.3. The molecule has 0 atom stereocenters. The summed E-state index contributed by atoms with van der Waals surface area (Å²) in [4.78, 5) is 7.50. The molecule has 122 valence electrons. The summed E-state index contributed by atoms with van der Waals surface area (Å²) in [5.74, 6) is 0.378. The summed E-state index contributed by atoms with van der Waals surface area (Å²) in [6.07, 6.45) is -4.42. The second-order valence-electron chi connectivity index (χ2n) is 4.80. The number of hydrogen-bond acceptors (Lipinski definition) is 3. The minimum atomic E-state index is -4.42. The molecule has 0 amide bonds. The van der Waals surface area contributed by atoms with Gasteiger partial charge in [-0.05, 0) is 30.3 Å². The zero-order chi connectivity index (χ0) is 17.5. The van der Waals surface area contributed by atoms with Gasteiger partial charge in [0.05, 0.1) is 24.3 Å². The van der Waals surface area contributed by atoms with Crippen LogP contribution < -0.4 is 4.74 Å². The van der Waals surface area contributed by atoms with Crippen molar-refractivity contribution in [3.8, 4) is 17.2 Å². The maximum Gasteiger partial charge on any atom is 0.416 e. The quantitative estimate of drug-likeness (QED) is 0.553. The first kappa shape index (κ1) is 16.1.